The van der Waals surface area contributed by atoms with E-state index in [1.807, 2.05) is 49.9 Å². The number of carbonyl (C=O) groups excluding carboxylic acids is 3. The Labute approximate surface area is 242 Å². The minimum atomic E-state index is -0.732. The molecular weight excluding hydrogens is 542 g/mol. The molecule has 2 saturated heterocycles. The van der Waals surface area contributed by atoms with Crippen molar-refractivity contribution in [2.24, 2.45) is 5.41 Å². The van der Waals surface area contributed by atoms with Crippen molar-refractivity contribution in [1.82, 2.24) is 25.1 Å². The molecule has 0 spiro atoms. The third-order valence-corrected chi connectivity index (χ3v) is 8.29. The average molecular weight is 574 g/mol. The number of amides is 3. The van der Waals surface area contributed by atoms with Crippen LogP contribution in [0.15, 0.2) is 59.0 Å². The number of benzene rings is 2. The van der Waals surface area contributed by atoms with E-state index in [9.17, 15) is 14.4 Å². The Morgan fingerprint density at radius 1 is 1.05 bits per heavy atom. The second kappa shape index (κ2) is 10.1. The number of fused-ring (bicyclic) bond motifs is 3. The van der Waals surface area contributed by atoms with E-state index in [0.717, 1.165) is 16.5 Å². The number of para-hydroxylation sites is 1. The van der Waals surface area contributed by atoms with Gasteiger partial charge in [0.25, 0.3) is 11.8 Å². The lowest BCUT2D eigenvalue weighted by Crippen LogP contribution is -2.59. The Hall–Kier alpha value is -4.11. The van der Waals surface area contributed by atoms with Gasteiger partial charge < -0.3 is 24.5 Å². The molecule has 4 heterocycles. The Morgan fingerprint density at radius 3 is 2.39 bits per heavy atom. The number of nitrogens with one attached hydrogen (secondary N) is 2. The van der Waals surface area contributed by atoms with Gasteiger partial charge in [-0.05, 0) is 55.2 Å². The van der Waals surface area contributed by atoms with Crippen LogP contribution in [-0.4, -0.2) is 68.7 Å². The number of aryl methyl sites for hydroxylation is 1. The highest BCUT2D eigenvalue weighted by Gasteiger charge is 2.50. The summed E-state index contributed by atoms with van der Waals surface area (Å²) < 4.78 is 5.81. The lowest BCUT2D eigenvalue weighted by Gasteiger charge is -2.39. The fraction of sp³-hybridized carbons (Fsp3) is 0.355. The van der Waals surface area contributed by atoms with Crippen LogP contribution in [0.5, 0.6) is 0 Å². The number of likely N-dealkylation sites (tertiary alicyclic amines) is 2. The highest BCUT2D eigenvalue weighted by molar-refractivity contribution is 6.30. The monoisotopic (exact) mass is 573 g/mol. The molecule has 0 radical (unpaired) electrons. The van der Waals surface area contributed by atoms with Gasteiger partial charge in [-0.2, -0.15) is 0 Å². The van der Waals surface area contributed by atoms with E-state index in [2.05, 4.69) is 15.3 Å². The van der Waals surface area contributed by atoms with Crippen LogP contribution in [0.25, 0.3) is 22.4 Å². The molecule has 0 saturated carbocycles. The zero-order valence-corrected chi connectivity index (χ0v) is 24.2. The average Bonchev–Trinajstić information content (AvgIpc) is 3.73. The van der Waals surface area contributed by atoms with E-state index >= 15 is 0 Å². The van der Waals surface area contributed by atoms with Crippen molar-refractivity contribution in [3.63, 3.8) is 0 Å². The zero-order chi connectivity index (χ0) is 29.1. The molecule has 0 aliphatic carbocycles. The largest absolute Gasteiger partial charge is 0.441 e. The normalized spacial score (nSPS) is 19.1. The lowest BCUT2D eigenvalue weighted by atomic mass is 9.85. The van der Waals surface area contributed by atoms with Gasteiger partial charge in [-0.1, -0.05) is 50.6 Å². The topological polar surface area (TPSA) is 112 Å². The maximum atomic E-state index is 13.9. The Morgan fingerprint density at radius 2 is 1.73 bits per heavy atom. The third kappa shape index (κ3) is 4.99. The first-order chi connectivity index (χ1) is 19.5. The summed E-state index contributed by atoms with van der Waals surface area (Å²) in [6.07, 6.45) is 0.686. The van der Waals surface area contributed by atoms with Gasteiger partial charge in [0.1, 0.15) is 17.5 Å². The molecule has 2 fully saturated rings. The first-order valence-electron chi connectivity index (χ1n) is 13.7. The molecule has 212 valence electrons. The molecule has 2 aromatic heterocycles. The Balaban J connectivity index is 1.15. The second-order valence-corrected chi connectivity index (χ2v) is 12.4. The fourth-order valence-electron chi connectivity index (χ4n) is 5.85. The molecule has 3 amide bonds. The molecule has 2 aromatic carbocycles. The van der Waals surface area contributed by atoms with E-state index in [1.54, 1.807) is 42.2 Å². The quantitative estimate of drug-likeness (QED) is 0.347. The fourth-order valence-corrected chi connectivity index (χ4v) is 5.98. The van der Waals surface area contributed by atoms with E-state index < -0.39 is 11.5 Å². The summed E-state index contributed by atoms with van der Waals surface area (Å²) in [5, 5.41) is 4.52. The number of aromatic amines is 1. The molecule has 2 bridgehead atoms. The SMILES string of the molecule is Cc1oc(-c2ccc(Cl)cc2)nc1C(=O)N1CC2CC1CN2C(=O)C(NC(=O)c1cc2ccccc2[nH]1)C(C)(C)C. The van der Waals surface area contributed by atoms with Crippen LogP contribution >= 0.6 is 11.6 Å². The van der Waals surface area contributed by atoms with Crippen LogP contribution in [-0.2, 0) is 4.79 Å². The highest BCUT2D eigenvalue weighted by Crippen LogP contribution is 2.35. The predicted octanol–water partition coefficient (Wildman–Crippen LogP) is 5.05. The van der Waals surface area contributed by atoms with Crippen LogP contribution in [0.4, 0.5) is 0 Å². The second-order valence-electron chi connectivity index (χ2n) is 12.0. The summed E-state index contributed by atoms with van der Waals surface area (Å²) in [6, 6.07) is 15.5. The van der Waals surface area contributed by atoms with Crippen molar-refractivity contribution in [3.05, 3.63) is 76.8 Å². The van der Waals surface area contributed by atoms with Gasteiger partial charge in [-0.3, -0.25) is 14.4 Å². The van der Waals surface area contributed by atoms with Crippen LogP contribution in [0.3, 0.4) is 0 Å². The van der Waals surface area contributed by atoms with Gasteiger partial charge in [0.15, 0.2) is 5.69 Å². The standard InChI is InChI=1S/C31H32ClN5O4/c1-17-25(34-28(41-17)18-9-11-20(32)12-10-18)29(39)36-15-22-14-21(36)16-37(22)30(40)26(31(2,3)4)35-27(38)24-13-19-7-5-6-8-23(19)33-24/h5-13,21-22,26,33H,14-16H2,1-4H3,(H,35,38). The number of rotatable bonds is 5. The lowest BCUT2D eigenvalue weighted by molar-refractivity contribution is -0.138. The van der Waals surface area contributed by atoms with Crippen LogP contribution in [0, 0.1) is 12.3 Å². The first-order valence-corrected chi connectivity index (χ1v) is 14.1. The Kier molecular flexibility index (Phi) is 6.65. The smallest absolute Gasteiger partial charge is 0.276 e. The number of H-pyrrole nitrogens is 1. The number of nitrogens with zero attached hydrogens (tertiary/aromatic N) is 3. The molecule has 2 aliphatic rings. The van der Waals surface area contributed by atoms with Crippen molar-refractivity contribution in [1.29, 1.82) is 0 Å². The molecular formula is C31H32ClN5O4. The van der Waals surface area contributed by atoms with Crippen molar-refractivity contribution in [3.8, 4) is 11.5 Å². The number of aromatic nitrogens is 2. The summed E-state index contributed by atoms with van der Waals surface area (Å²) in [4.78, 5) is 51.9. The van der Waals surface area contributed by atoms with Gasteiger partial charge in [-0.25, -0.2) is 4.98 Å². The van der Waals surface area contributed by atoms with Gasteiger partial charge in [0.05, 0.1) is 12.1 Å². The van der Waals surface area contributed by atoms with Crippen molar-refractivity contribution in [2.45, 2.75) is 52.2 Å². The number of hydrogen-bond acceptors (Lipinski definition) is 5. The van der Waals surface area contributed by atoms with Gasteiger partial charge in [0, 0.05) is 34.6 Å². The van der Waals surface area contributed by atoms with Crippen LogP contribution < -0.4 is 5.32 Å². The molecule has 2 aliphatic heterocycles. The summed E-state index contributed by atoms with van der Waals surface area (Å²) in [5.74, 6) is 0.147. The molecule has 2 N–H and O–H groups in total. The Bertz CT molecular complexity index is 1620. The molecule has 10 heteroatoms. The van der Waals surface area contributed by atoms with Gasteiger partial charge in [0.2, 0.25) is 11.8 Å². The molecule has 3 unspecified atom stereocenters. The maximum Gasteiger partial charge on any atom is 0.276 e. The van der Waals surface area contributed by atoms with Crippen LogP contribution in [0.2, 0.25) is 5.02 Å². The molecule has 9 nitrogen and oxygen atoms in total. The number of piperazine rings is 1. The minimum Gasteiger partial charge on any atom is -0.441 e. The van der Waals surface area contributed by atoms with E-state index in [-0.39, 0.29) is 35.5 Å². The maximum absolute atomic E-state index is 13.9. The van der Waals surface area contributed by atoms with E-state index in [1.165, 1.54) is 0 Å². The molecule has 3 atom stereocenters. The van der Waals surface area contributed by atoms with Gasteiger partial charge in [-0.15, -0.1) is 0 Å². The third-order valence-electron chi connectivity index (χ3n) is 8.04. The first kappa shape index (κ1) is 27.1. The molecule has 6 rings (SSSR count). The number of hydrogen-bond donors (Lipinski definition) is 2. The zero-order valence-electron chi connectivity index (χ0n) is 23.4. The summed E-state index contributed by atoms with van der Waals surface area (Å²) in [5.41, 5.74) is 1.76. The number of oxazole rings is 1. The van der Waals surface area contributed by atoms with Crippen molar-refractivity contribution in [2.75, 3.05) is 13.1 Å². The summed E-state index contributed by atoms with van der Waals surface area (Å²) in [7, 11) is 0. The molecule has 4 aromatic rings. The van der Waals surface area contributed by atoms with Crippen molar-refractivity contribution >= 4 is 40.2 Å². The summed E-state index contributed by atoms with van der Waals surface area (Å²) >= 11 is 5.99. The molecule has 41 heavy (non-hydrogen) atoms. The highest BCUT2D eigenvalue weighted by atomic mass is 35.5. The predicted molar refractivity (Wildman–Crippen MR) is 156 cm³/mol. The number of carbonyl (C=O) groups is 3. The van der Waals surface area contributed by atoms with E-state index in [0.29, 0.717) is 41.9 Å². The number of halogens is 1. The van der Waals surface area contributed by atoms with Crippen LogP contribution in [0.1, 0.15) is 53.9 Å². The van der Waals surface area contributed by atoms with Crippen molar-refractivity contribution < 1.29 is 18.8 Å². The minimum absolute atomic E-state index is 0.128. The van der Waals surface area contributed by atoms with E-state index in [4.69, 9.17) is 16.0 Å². The summed E-state index contributed by atoms with van der Waals surface area (Å²) in [6.45, 7) is 8.37. The van der Waals surface area contributed by atoms with Gasteiger partial charge >= 0.3 is 0 Å².